The zero-order chi connectivity index (χ0) is 13.2. The number of nitrogens with zero attached hydrogens (tertiary/aromatic N) is 1. The Hall–Kier alpha value is -0.450. The van der Waals surface area contributed by atoms with Crippen LogP contribution in [0.1, 0.15) is 56.1 Å². The summed E-state index contributed by atoms with van der Waals surface area (Å²) in [6.07, 6.45) is 3.25. The van der Waals surface area contributed by atoms with Crippen LogP contribution in [0.15, 0.2) is 0 Å². The van der Waals surface area contributed by atoms with Gasteiger partial charge in [-0.25, -0.2) is 4.98 Å². The second-order valence-electron chi connectivity index (χ2n) is 5.46. The highest BCUT2D eigenvalue weighted by molar-refractivity contribution is 7.11. The molecule has 3 nitrogen and oxygen atoms in total. The molecule has 4 heteroatoms. The van der Waals surface area contributed by atoms with Gasteiger partial charge in [-0.3, -0.25) is 0 Å². The summed E-state index contributed by atoms with van der Waals surface area (Å²) in [6.45, 7) is 10.5. The van der Waals surface area contributed by atoms with Crippen molar-refractivity contribution in [3.8, 4) is 0 Å². The molecule has 18 heavy (non-hydrogen) atoms. The van der Waals surface area contributed by atoms with E-state index in [-0.39, 0.29) is 5.60 Å². The Labute approximate surface area is 114 Å². The predicted octanol–water partition coefficient (Wildman–Crippen LogP) is 3.23. The first-order valence-corrected chi connectivity index (χ1v) is 7.73. The Morgan fingerprint density at radius 2 is 2.28 bits per heavy atom. The summed E-state index contributed by atoms with van der Waals surface area (Å²) >= 11 is 1.82. The molecule has 1 fully saturated rings. The molecule has 102 valence electrons. The fourth-order valence-corrected chi connectivity index (χ4v) is 3.50. The molecule has 1 N–H and O–H groups in total. The number of hydrogen-bond acceptors (Lipinski definition) is 4. The third-order valence-corrected chi connectivity index (χ3v) is 4.80. The maximum Gasteiger partial charge on any atom is 0.125 e. The van der Waals surface area contributed by atoms with Crippen molar-refractivity contribution >= 4 is 11.3 Å². The lowest BCUT2D eigenvalue weighted by atomic mass is 10.0. The van der Waals surface area contributed by atoms with Crippen LogP contribution in [0, 0.1) is 0 Å². The Bertz CT molecular complexity index is 394. The van der Waals surface area contributed by atoms with Gasteiger partial charge in [0, 0.05) is 24.1 Å². The van der Waals surface area contributed by atoms with Crippen molar-refractivity contribution in [3.05, 3.63) is 15.6 Å². The monoisotopic (exact) mass is 268 g/mol. The van der Waals surface area contributed by atoms with Gasteiger partial charge in [-0.15, -0.1) is 11.3 Å². The van der Waals surface area contributed by atoms with Crippen LogP contribution in [0.5, 0.6) is 0 Å². The molecule has 2 rings (SSSR count). The highest BCUT2D eigenvalue weighted by atomic mass is 32.1. The molecule has 1 unspecified atom stereocenters. The van der Waals surface area contributed by atoms with Gasteiger partial charge in [0.05, 0.1) is 5.69 Å². The van der Waals surface area contributed by atoms with E-state index in [4.69, 9.17) is 9.72 Å². The van der Waals surface area contributed by atoms with E-state index in [2.05, 4.69) is 33.0 Å². The van der Waals surface area contributed by atoms with Crippen molar-refractivity contribution in [3.63, 3.8) is 0 Å². The van der Waals surface area contributed by atoms with Crippen LogP contribution in [0.3, 0.4) is 0 Å². The molecule has 0 aliphatic carbocycles. The van der Waals surface area contributed by atoms with Gasteiger partial charge >= 0.3 is 0 Å². The SMILES string of the molecule is CCc1nc(C2(C)CCCO2)sc1CNC(C)C. The quantitative estimate of drug-likeness (QED) is 0.890. The normalized spacial score (nSPS) is 24.1. The molecular weight excluding hydrogens is 244 g/mol. The number of hydrogen-bond donors (Lipinski definition) is 1. The minimum Gasteiger partial charge on any atom is -0.368 e. The van der Waals surface area contributed by atoms with Crippen molar-refractivity contribution in [1.29, 1.82) is 0 Å². The van der Waals surface area contributed by atoms with Crippen LogP contribution < -0.4 is 5.32 Å². The largest absolute Gasteiger partial charge is 0.368 e. The Morgan fingerprint density at radius 3 is 2.83 bits per heavy atom. The van der Waals surface area contributed by atoms with Crippen molar-refractivity contribution in [2.45, 2.75) is 65.1 Å². The third kappa shape index (κ3) is 2.92. The van der Waals surface area contributed by atoms with E-state index < -0.39 is 0 Å². The van der Waals surface area contributed by atoms with E-state index in [0.717, 1.165) is 37.4 Å². The van der Waals surface area contributed by atoms with Gasteiger partial charge in [-0.2, -0.15) is 0 Å². The van der Waals surface area contributed by atoms with Gasteiger partial charge in [0.1, 0.15) is 10.6 Å². The standard InChI is InChI=1S/C14H24N2OS/c1-5-11-12(9-15-10(2)3)18-13(16-11)14(4)7-6-8-17-14/h10,15H,5-9H2,1-4H3. The molecule has 1 atom stereocenters. The van der Waals surface area contributed by atoms with Crippen LogP contribution >= 0.6 is 11.3 Å². The first-order chi connectivity index (χ1) is 8.55. The van der Waals surface area contributed by atoms with Crippen LogP contribution in [-0.4, -0.2) is 17.6 Å². The molecule has 0 amide bonds. The zero-order valence-electron chi connectivity index (χ0n) is 11.9. The van der Waals surface area contributed by atoms with Crippen LogP contribution in [0.25, 0.3) is 0 Å². The lowest BCUT2D eigenvalue weighted by molar-refractivity contribution is 0.0165. The van der Waals surface area contributed by atoms with E-state index >= 15 is 0 Å². The minimum absolute atomic E-state index is 0.134. The number of aryl methyl sites for hydroxylation is 1. The molecule has 0 spiro atoms. The number of aromatic nitrogens is 1. The minimum atomic E-state index is -0.134. The van der Waals surface area contributed by atoms with Gasteiger partial charge in [0.25, 0.3) is 0 Å². The first kappa shape index (κ1) is 14.0. The lowest BCUT2D eigenvalue weighted by Gasteiger charge is -2.19. The second kappa shape index (κ2) is 5.68. The maximum absolute atomic E-state index is 5.89. The summed E-state index contributed by atoms with van der Waals surface area (Å²) < 4.78 is 5.89. The fraction of sp³-hybridized carbons (Fsp3) is 0.786. The molecule has 1 aromatic rings. The molecular formula is C14H24N2OS. The third-order valence-electron chi connectivity index (χ3n) is 3.46. The Kier molecular flexibility index (Phi) is 4.41. The van der Waals surface area contributed by atoms with E-state index in [1.165, 1.54) is 10.6 Å². The molecule has 0 saturated carbocycles. The molecule has 1 aliphatic rings. The van der Waals surface area contributed by atoms with Crippen LogP contribution in [0.2, 0.25) is 0 Å². The summed E-state index contributed by atoms with van der Waals surface area (Å²) in [5.74, 6) is 0. The van der Waals surface area contributed by atoms with Crippen molar-refractivity contribution < 1.29 is 4.74 Å². The van der Waals surface area contributed by atoms with E-state index in [0.29, 0.717) is 6.04 Å². The van der Waals surface area contributed by atoms with Gasteiger partial charge in [0.2, 0.25) is 0 Å². The number of rotatable bonds is 5. The molecule has 0 bridgehead atoms. The summed E-state index contributed by atoms with van der Waals surface area (Å²) in [4.78, 5) is 6.19. The molecule has 1 aromatic heterocycles. The highest BCUT2D eigenvalue weighted by Gasteiger charge is 2.35. The summed E-state index contributed by atoms with van der Waals surface area (Å²) in [7, 11) is 0. The van der Waals surface area contributed by atoms with Gasteiger partial charge < -0.3 is 10.1 Å². The number of ether oxygens (including phenoxy) is 1. The summed E-state index contributed by atoms with van der Waals surface area (Å²) in [5, 5.41) is 4.65. The van der Waals surface area contributed by atoms with Gasteiger partial charge in [-0.05, 0) is 26.2 Å². The average molecular weight is 268 g/mol. The number of nitrogens with one attached hydrogen (secondary N) is 1. The maximum atomic E-state index is 5.89. The molecule has 1 aliphatic heterocycles. The summed E-state index contributed by atoms with van der Waals surface area (Å²) in [5.41, 5.74) is 1.10. The van der Waals surface area contributed by atoms with Crippen molar-refractivity contribution in [1.82, 2.24) is 10.3 Å². The fourth-order valence-electron chi connectivity index (χ4n) is 2.27. The first-order valence-electron chi connectivity index (χ1n) is 6.91. The van der Waals surface area contributed by atoms with Gasteiger partial charge in [0.15, 0.2) is 0 Å². The zero-order valence-corrected chi connectivity index (χ0v) is 12.7. The van der Waals surface area contributed by atoms with Crippen LogP contribution in [-0.2, 0) is 23.3 Å². The Balaban J connectivity index is 2.17. The average Bonchev–Trinajstić information content (AvgIpc) is 2.93. The van der Waals surface area contributed by atoms with E-state index in [9.17, 15) is 0 Å². The second-order valence-corrected chi connectivity index (χ2v) is 6.54. The van der Waals surface area contributed by atoms with E-state index in [1.54, 1.807) is 0 Å². The topological polar surface area (TPSA) is 34.1 Å². The van der Waals surface area contributed by atoms with Crippen molar-refractivity contribution in [2.75, 3.05) is 6.61 Å². The molecule has 1 saturated heterocycles. The highest BCUT2D eigenvalue weighted by Crippen LogP contribution is 2.38. The smallest absolute Gasteiger partial charge is 0.125 e. The van der Waals surface area contributed by atoms with E-state index in [1.807, 2.05) is 11.3 Å². The van der Waals surface area contributed by atoms with Crippen LogP contribution in [0.4, 0.5) is 0 Å². The van der Waals surface area contributed by atoms with Crippen molar-refractivity contribution in [2.24, 2.45) is 0 Å². The number of thiazole rings is 1. The Morgan fingerprint density at radius 1 is 1.50 bits per heavy atom. The lowest BCUT2D eigenvalue weighted by Crippen LogP contribution is -2.21. The molecule has 2 heterocycles. The molecule has 0 radical (unpaired) electrons. The molecule has 0 aromatic carbocycles. The predicted molar refractivity (Wildman–Crippen MR) is 76.0 cm³/mol. The van der Waals surface area contributed by atoms with Gasteiger partial charge in [-0.1, -0.05) is 20.8 Å². The summed E-state index contributed by atoms with van der Waals surface area (Å²) in [6, 6.07) is 0.513.